The van der Waals surface area contributed by atoms with Crippen LogP contribution in [-0.4, -0.2) is 72.6 Å². The van der Waals surface area contributed by atoms with Crippen LogP contribution in [0.15, 0.2) is 18.3 Å². The van der Waals surface area contributed by atoms with E-state index < -0.39 is 0 Å². The summed E-state index contributed by atoms with van der Waals surface area (Å²) in [5, 5.41) is 3.17. The standard InChI is InChI=1S/C24H34N6O2/c1-29(2)13-14-32-18-11-12-25-21(15-18)23-27-20-10-6-9-19(20)24(28-23)30(3)16-22(31)26-17-7-4-5-8-17/h11-12,15,17H,4-10,13-14,16H2,1-3H3,(H,26,31). The Hall–Kier alpha value is -2.74. The van der Waals surface area contributed by atoms with E-state index in [0.717, 1.165) is 61.5 Å². The number of hydrogen-bond acceptors (Lipinski definition) is 7. The van der Waals surface area contributed by atoms with Crippen LogP contribution in [0, 0.1) is 0 Å². The fraction of sp³-hybridized carbons (Fsp3) is 0.583. The van der Waals surface area contributed by atoms with Crippen LogP contribution in [0.2, 0.25) is 0 Å². The molecular formula is C24H34N6O2. The van der Waals surface area contributed by atoms with Crippen molar-refractivity contribution in [3.8, 4) is 17.3 Å². The van der Waals surface area contributed by atoms with Gasteiger partial charge in [0.25, 0.3) is 0 Å². The Morgan fingerprint density at radius 1 is 1.16 bits per heavy atom. The van der Waals surface area contributed by atoms with Crippen LogP contribution in [0.4, 0.5) is 5.82 Å². The van der Waals surface area contributed by atoms with Crippen molar-refractivity contribution in [3.05, 3.63) is 29.6 Å². The van der Waals surface area contributed by atoms with E-state index in [9.17, 15) is 4.79 Å². The number of anilines is 1. The molecule has 0 aromatic carbocycles. The lowest BCUT2D eigenvalue weighted by molar-refractivity contribution is -0.120. The zero-order chi connectivity index (χ0) is 22.5. The third kappa shape index (κ3) is 5.54. The lowest BCUT2D eigenvalue weighted by atomic mass is 10.2. The van der Waals surface area contributed by atoms with Crippen molar-refractivity contribution in [3.63, 3.8) is 0 Å². The molecule has 2 heterocycles. The van der Waals surface area contributed by atoms with E-state index in [1.807, 2.05) is 38.2 Å². The number of ether oxygens (including phenoxy) is 1. The Bertz CT molecular complexity index is 942. The Kier molecular flexibility index (Phi) is 7.19. The Morgan fingerprint density at radius 2 is 1.97 bits per heavy atom. The summed E-state index contributed by atoms with van der Waals surface area (Å²) in [5.41, 5.74) is 2.91. The van der Waals surface area contributed by atoms with Gasteiger partial charge in [-0.25, -0.2) is 9.97 Å². The molecule has 2 aliphatic carbocycles. The number of aromatic nitrogens is 3. The van der Waals surface area contributed by atoms with Crippen LogP contribution in [0.3, 0.4) is 0 Å². The van der Waals surface area contributed by atoms with Crippen molar-refractivity contribution in [2.24, 2.45) is 0 Å². The summed E-state index contributed by atoms with van der Waals surface area (Å²) in [6.07, 6.45) is 9.24. The smallest absolute Gasteiger partial charge is 0.239 e. The van der Waals surface area contributed by atoms with E-state index in [1.54, 1.807) is 6.20 Å². The number of aryl methyl sites for hydroxylation is 1. The molecular weight excluding hydrogens is 404 g/mol. The predicted molar refractivity (Wildman–Crippen MR) is 125 cm³/mol. The number of likely N-dealkylation sites (N-methyl/N-ethyl adjacent to an activating group) is 2. The summed E-state index contributed by atoms with van der Waals surface area (Å²) < 4.78 is 5.86. The maximum absolute atomic E-state index is 12.6. The zero-order valence-electron chi connectivity index (χ0n) is 19.4. The number of pyridine rings is 1. The summed E-state index contributed by atoms with van der Waals surface area (Å²) in [7, 11) is 5.98. The fourth-order valence-electron chi connectivity index (χ4n) is 4.45. The Labute approximate surface area is 190 Å². The topological polar surface area (TPSA) is 83.5 Å². The SMILES string of the molecule is CN(C)CCOc1ccnc(-c2nc3c(c(N(C)CC(=O)NC4CCCC4)n2)CCC3)c1. The fourth-order valence-corrected chi connectivity index (χ4v) is 4.45. The molecule has 0 aliphatic heterocycles. The normalized spacial score (nSPS) is 15.8. The van der Waals surface area contributed by atoms with Crippen molar-refractivity contribution < 1.29 is 9.53 Å². The lowest BCUT2D eigenvalue weighted by Crippen LogP contribution is -2.40. The number of carbonyl (C=O) groups is 1. The highest BCUT2D eigenvalue weighted by Crippen LogP contribution is 2.31. The van der Waals surface area contributed by atoms with Gasteiger partial charge in [0, 0.05) is 43.2 Å². The highest BCUT2D eigenvalue weighted by molar-refractivity contribution is 5.81. The molecule has 1 fully saturated rings. The number of amides is 1. The van der Waals surface area contributed by atoms with Crippen molar-refractivity contribution >= 4 is 11.7 Å². The molecule has 0 radical (unpaired) electrons. The Morgan fingerprint density at radius 3 is 2.75 bits per heavy atom. The van der Waals surface area contributed by atoms with Crippen LogP contribution in [0.5, 0.6) is 5.75 Å². The first kappa shape index (κ1) is 22.5. The first-order valence-corrected chi connectivity index (χ1v) is 11.6. The lowest BCUT2D eigenvalue weighted by Gasteiger charge is -2.22. The van der Waals surface area contributed by atoms with Gasteiger partial charge in [-0.1, -0.05) is 12.8 Å². The largest absolute Gasteiger partial charge is 0.492 e. The highest BCUT2D eigenvalue weighted by atomic mass is 16.5. The molecule has 8 heteroatoms. The minimum atomic E-state index is 0.0562. The average molecular weight is 439 g/mol. The summed E-state index contributed by atoms with van der Waals surface area (Å²) in [5.74, 6) is 2.24. The molecule has 1 saturated carbocycles. The van der Waals surface area contributed by atoms with E-state index in [-0.39, 0.29) is 5.91 Å². The second kappa shape index (κ2) is 10.3. The third-order valence-electron chi connectivity index (χ3n) is 6.14. The molecule has 172 valence electrons. The average Bonchev–Trinajstić information content (AvgIpc) is 3.44. The molecule has 0 bridgehead atoms. The maximum atomic E-state index is 12.6. The van der Waals surface area contributed by atoms with Gasteiger partial charge < -0.3 is 19.9 Å². The number of carbonyl (C=O) groups excluding carboxylic acids is 1. The van der Waals surface area contributed by atoms with Crippen molar-refractivity contribution in [2.75, 3.05) is 45.7 Å². The number of nitrogens with one attached hydrogen (secondary N) is 1. The number of nitrogens with zero attached hydrogens (tertiary/aromatic N) is 5. The summed E-state index contributed by atoms with van der Waals surface area (Å²) in [6, 6.07) is 4.07. The quantitative estimate of drug-likeness (QED) is 0.644. The molecule has 2 aromatic rings. The maximum Gasteiger partial charge on any atom is 0.239 e. The molecule has 0 saturated heterocycles. The minimum absolute atomic E-state index is 0.0562. The molecule has 0 spiro atoms. The van der Waals surface area contributed by atoms with Crippen molar-refractivity contribution in [1.29, 1.82) is 0 Å². The predicted octanol–water partition coefficient (Wildman–Crippen LogP) is 2.46. The van der Waals surface area contributed by atoms with E-state index in [2.05, 4.69) is 15.2 Å². The number of rotatable bonds is 9. The Balaban J connectivity index is 1.52. The molecule has 1 N–H and O–H groups in total. The van der Waals surface area contributed by atoms with Crippen LogP contribution < -0.4 is 15.0 Å². The van der Waals surface area contributed by atoms with Gasteiger partial charge >= 0.3 is 0 Å². The summed E-state index contributed by atoms with van der Waals surface area (Å²) in [6.45, 7) is 1.73. The van der Waals surface area contributed by atoms with Crippen molar-refractivity contribution in [1.82, 2.24) is 25.2 Å². The molecule has 0 atom stereocenters. The summed E-state index contributed by atoms with van der Waals surface area (Å²) in [4.78, 5) is 30.8. The van der Waals surface area contributed by atoms with Gasteiger partial charge in [0.05, 0.1) is 6.54 Å². The molecule has 0 unspecified atom stereocenters. The van der Waals surface area contributed by atoms with Crippen molar-refractivity contribution in [2.45, 2.75) is 51.0 Å². The van der Waals surface area contributed by atoms with Crippen LogP contribution >= 0.6 is 0 Å². The molecule has 2 aliphatic rings. The molecule has 8 nitrogen and oxygen atoms in total. The van der Waals surface area contributed by atoms with E-state index in [1.165, 1.54) is 12.8 Å². The van der Waals surface area contributed by atoms with Crippen LogP contribution in [-0.2, 0) is 17.6 Å². The van der Waals surface area contributed by atoms with Gasteiger partial charge in [0.1, 0.15) is 23.9 Å². The highest BCUT2D eigenvalue weighted by Gasteiger charge is 2.24. The minimum Gasteiger partial charge on any atom is -0.492 e. The van der Waals surface area contributed by atoms with Gasteiger partial charge in [-0.3, -0.25) is 9.78 Å². The van der Waals surface area contributed by atoms with Gasteiger partial charge in [-0.05, 0) is 52.3 Å². The van der Waals surface area contributed by atoms with Gasteiger partial charge in [0.2, 0.25) is 5.91 Å². The molecule has 4 rings (SSSR count). The second-order valence-corrected chi connectivity index (χ2v) is 9.08. The third-order valence-corrected chi connectivity index (χ3v) is 6.14. The zero-order valence-corrected chi connectivity index (χ0v) is 19.4. The van der Waals surface area contributed by atoms with Gasteiger partial charge in [0.15, 0.2) is 5.82 Å². The summed E-state index contributed by atoms with van der Waals surface area (Å²) >= 11 is 0. The van der Waals surface area contributed by atoms with Crippen LogP contribution in [0.1, 0.15) is 43.4 Å². The molecule has 32 heavy (non-hydrogen) atoms. The van der Waals surface area contributed by atoms with Gasteiger partial charge in [-0.15, -0.1) is 0 Å². The van der Waals surface area contributed by atoms with E-state index in [0.29, 0.717) is 30.7 Å². The molecule has 1 amide bonds. The van der Waals surface area contributed by atoms with Crippen LogP contribution in [0.25, 0.3) is 11.5 Å². The van der Waals surface area contributed by atoms with E-state index in [4.69, 9.17) is 14.7 Å². The van der Waals surface area contributed by atoms with E-state index >= 15 is 0 Å². The number of fused-ring (bicyclic) bond motifs is 1. The molecule has 2 aromatic heterocycles. The second-order valence-electron chi connectivity index (χ2n) is 9.08. The number of hydrogen-bond donors (Lipinski definition) is 1. The van der Waals surface area contributed by atoms with Gasteiger partial charge in [-0.2, -0.15) is 0 Å². The monoisotopic (exact) mass is 438 g/mol. The first-order chi connectivity index (χ1) is 15.5. The first-order valence-electron chi connectivity index (χ1n) is 11.6.